The first-order chi connectivity index (χ1) is 11.9. The van der Waals surface area contributed by atoms with Gasteiger partial charge >= 0.3 is 12.0 Å². The number of aromatic nitrogens is 2. The number of benzene rings is 1. The number of hydrogen-bond donors (Lipinski definition) is 2. The van der Waals surface area contributed by atoms with E-state index < -0.39 is 12.0 Å². The van der Waals surface area contributed by atoms with E-state index in [1.807, 2.05) is 18.2 Å². The third-order valence-corrected chi connectivity index (χ3v) is 4.79. The van der Waals surface area contributed by atoms with Crippen LogP contribution in [0.15, 0.2) is 24.3 Å². The molecule has 3 rings (SSSR count). The predicted octanol–water partition coefficient (Wildman–Crippen LogP) is 1.93. The fourth-order valence-corrected chi connectivity index (χ4v) is 3.35. The zero-order chi connectivity index (χ0) is 18.1. The molecular weight excluding hydrogens is 320 g/mol. The SMILES string of the molecule is Cc1nn(C)c(C)c1C(NC(=O)N1CCc2ccccc2C1)C(=O)O. The Morgan fingerprint density at radius 3 is 2.52 bits per heavy atom. The molecule has 2 heterocycles. The Hall–Kier alpha value is -2.83. The summed E-state index contributed by atoms with van der Waals surface area (Å²) in [4.78, 5) is 26.1. The summed E-state index contributed by atoms with van der Waals surface area (Å²) >= 11 is 0. The molecule has 0 fully saturated rings. The van der Waals surface area contributed by atoms with Crippen LogP contribution < -0.4 is 5.32 Å². The average molecular weight is 342 g/mol. The maximum absolute atomic E-state index is 12.6. The number of rotatable bonds is 3. The molecule has 1 aliphatic heterocycles. The van der Waals surface area contributed by atoms with Crippen molar-refractivity contribution in [2.45, 2.75) is 32.9 Å². The van der Waals surface area contributed by atoms with E-state index >= 15 is 0 Å². The van der Waals surface area contributed by atoms with E-state index in [0.29, 0.717) is 24.3 Å². The lowest BCUT2D eigenvalue weighted by molar-refractivity contribution is -0.139. The standard InChI is InChI=1S/C18H22N4O3/c1-11-15(12(2)21(3)20-11)16(17(23)24)19-18(25)22-9-8-13-6-4-5-7-14(13)10-22/h4-7,16H,8-10H2,1-3H3,(H,19,25)(H,23,24). The van der Waals surface area contributed by atoms with Crippen LogP contribution in [0.1, 0.15) is 34.1 Å². The smallest absolute Gasteiger partial charge is 0.331 e. The molecule has 0 bridgehead atoms. The molecule has 132 valence electrons. The number of carboxylic acids is 1. The Labute approximate surface area is 146 Å². The van der Waals surface area contributed by atoms with E-state index in [2.05, 4.69) is 16.5 Å². The molecule has 25 heavy (non-hydrogen) atoms. The van der Waals surface area contributed by atoms with E-state index in [1.54, 1.807) is 30.5 Å². The molecule has 0 saturated heterocycles. The predicted molar refractivity (Wildman–Crippen MR) is 92.1 cm³/mol. The van der Waals surface area contributed by atoms with Crippen LogP contribution in [0.2, 0.25) is 0 Å². The third-order valence-electron chi connectivity index (χ3n) is 4.79. The number of aryl methyl sites for hydroxylation is 2. The van der Waals surface area contributed by atoms with Crippen molar-refractivity contribution in [1.82, 2.24) is 20.0 Å². The average Bonchev–Trinajstić information content (AvgIpc) is 2.84. The molecule has 2 amide bonds. The minimum Gasteiger partial charge on any atom is -0.479 e. The van der Waals surface area contributed by atoms with Gasteiger partial charge in [-0.2, -0.15) is 5.10 Å². The summed E-state index contributed by atoms with van der Waals surface area (Å²) in [5.41, 5.74) is 4.22. The maximum atomic E-state index is 12.6. The molecule has 2 aromatic rings. The third kappa shape index (κ3) is 3.22. The van der Waals surface area contributed by atoms with Crippen LogP contribution in [0.4, 0.5) is 4.79 Å². The number of urea groups is 1. The quantitative estimate of drug-likeness (QED) is 0.892. The molecule has 2 N–H and O–H groups in total. The highest BCUT2D eigenvalue weighted by Gasteiger charge is 2.30. The molecule has 1 aromatic heterocycles. The maximum Gasteiger partial charge on any atom is 0.331 e. The van der Waals surface area contributed by atoms with Crippen molar-refractivity contribution in [3.05, 3.63) is 52.3 Å². The molecule has 1 atom stereocenters. The monoisotopic (exact) mass is 342 g/mol. The molecular formula is C18H22N4O3. The van der Waals surface area contributed by atoms with Gasteiger partial charge in [0.05, 0.1) is 5.69 Å². The fourth-order valence-electron chi connectivity index (χ4n) is 3.35. The van der Waals surface area contributed by atoms with Gasteiger partial charge in [-0.25, -0.2) is 9.59 Å². The number of nitrogens with one attached hydrogen (secondary N) is 1. The van der Waals surface area contributed by atoms with Gasteiger partial charge in [-0.05, 0) is 31.4 Å². The van der Waals surface area contributed by atoms with Gasteiger partial charge in [0.15, 0.2) is 6.04 Å². The fraction of sp³-hybridized carbons (Fsp3) is 0.389. The van der Waals surface area contributed by atoms with Gasteiger partial charge in [0.2, 0.25) is 0 Å². The number of carbonyl (C=O) groups is 2. The van der Waals surface area contributed by atoms with Crippen molar-refractivity contribution in [3.63, 3.8) is 0 Å². The van der Waals surface area contributed by atoms with Crippen LogP contribution in [0, 0.1) is 13.8 Å². The first-order valence-electron chi connectivity index (χ1n) is 8.23. The van der Waals surface area contributed by atoms with Gasteiger partial charge in [-0.15, -0.1) is 0 Å². The molecule has 1 unspecified atom stereocenters. The Kier molecular flexibility index (Phi) is 4.48. The van der Waals surface area contributed by atoms with E-state index in [9.17, 15) is 14.7 Å². The molecule has 0 saturated carbocycles. The highest BCUT2D eigenvalue weighted by molar-refractivity contribution is 5.84. The zero-order valence-electron chi connectivity index (χ0n) is 14.6. The molecule has 0 radical (unpaired) electrons. The topological polar surface area (TPSA) is 87.5 Å². The van der Waals surface area contributed by atoms with Crippen molar-refractivity contribution in [1.29, 1.82) is 0 Å². The molecule has 1 aliphatic rings. The highest BCUT2D eigenvalue weighted by atomic mass is 16.4. The van der Waals surface area contributed by atoms with Crippen molar-refractivity contribution in [2.75, 3.05) is 6.54 Å². The number of nitrogens with zero attached hydrogens (tertiary/aromatic N) is 3. The van der Waals surface area contributed by atoms with Gasteiger partial charge in [-0.3, -0.25) is 4.68 Å². The largest absolute Gasteiger partial charge is 0.479 e. The van der Waals surface area contributed by atoms with E-state index in [1.165, 1.54) is 5.56 Å². The minimum atomic E-state index is -1.11. The summed E-state index contributed by atoms with van der Waals surface area (Å²) in [6.07, 6.45) is 0.770. The molecule has 1 aromatic carbocycles. The number of aliphatic carboxylic acids is 1. The van der Waals surface area contributed by atoms with E-state index in [4.69, 9.17) is 0 Å². The van der Waals surface area contributed by atoms with Crippen LogP contribution in [-0.4, -0.2) is 38.3 Å². The number of carboxylic acid groups (broad SMARTS) is 1. The lowest BCUT2D eigenvalue weighted by Crippen LogP contribution is -2.45. The van der Waals surface area contributed by atoms with Crippen molar-refractivity contribution >= 4 is 12.0 Å². The first kappa shape index (κ1) is 17.0. The summed E-state index contributed by atoms with van der Waals surface area (Å²) in [5, 5.41) is 16.5. The Balaban J connectivity index is 1.79. The van der Waals surface area contributed by atoms with Crippen LogP contribution in [0.5, 0.6) is 0 Å². The summed E-state index contributed by atoms with van der Waals surface area (Å²) in [6.45, 7) is 4.61. The van der Waals surface area contributed by atoms with E-state index in [0.717, 1.165) is 17.7 Å². The number of hydrogen-bond acceptors (Lipinski definition) is 3. The van der Waals surface area contributed by atoms with Gasteiger partial charge < -0.3 is 15.3 Å². The minimum absolute atomic E-state index is 0.371. The lowest BCUT2D eigenvalue weighted by atomic mass is 10.00. The number of carbonyl (C=O) groups excluding carboxylic acids is 1. The van der Waals surface area contributed by atoms with E-state index in [-0.39, 0.29) is 6.03 Å². The lowest BCUT2D eigenvalue weighted by Gasteiger charge is -2.30. The summed E-state index contributed by atoms with van der Waals surface area (Å²) in [6, 6.07) is 6.51. The number of fused-ring (bicyclic) bond motifs is 1. The molecule has 7 nitrogen and oxygen atoms in total. The second kappa shape index (κ2) is 6.58. The Bertz CT molecular complexity index is 828. The van der Waals surface area contributed by atoms with Gasteiger partial charge in [0.1, 0.15) is 0 Å². The summed E-state index contributed by atoms with van der Waals surface area (Å²) in [7, 11) is 1.76. The molecule has 7 heteroatoms. The number of amides is 2. The van der Waals surface area contributed by atoms with Crippen LogP contribution in [0.25, 0.3) is 0 Å². The Morgan fingerprint density at radius 1 is 1.24 bits per heavy atom. The molecule has 0 aliphatic carbocycles. The summed E-state index contributed by atoms with van der Waals surface area (Å²) in [5.74, 6) is -1.09. The normalized spacial score (nSPS) is 14.8. The second-order valence-corrected chi connectivity index (χ2v) is 6.37. The Morgan fingerprint density at radius 2 is 1.92 bits per heavy atom. The van der Waals surface area contributed by atoms with Crippen molar-refractivity contribution in [2.24, 2.45) is 7.05 Å². The van der Waals surface area contributed by atoms with Crippen molar-refractivity contribution < 1.29 is 14.7 Å². The second-order valence-electron chi connectivity index (χ2n) is 6.37. The summed E-state index contributed by atoms with van der Waals surface area (Å²) < 4.78 is 1.63. The van der Waals surface area contributed by atoms with Crippen LogP contribution >= 0.6 is 0 Å². The molecule has 0 spiro atoms. The van der Waals surface area contributed by atoms with Gasteiger partial charge in [0.25, 0.3) is 0 Å². The van der Waals surface area contributed by atoms with Gasteiger partial charge in [-0.1, -0.05) is 24.3 Å². The van der Waals surface area contributed by atoms with Gasteiger partial charge in [0, 0.05) is 31.4 Å². The highest BCUT2D eigenvalue weighted by Crippen LogP contribution is 2.23. The van der Waals surface area contributed by atoms with Crippen LogP contribution in [0.3, 0.4) is 0 Å². The zero-order valence-corrected chi connectivity index (χ0v) is 14.6. The van der Waals surface area contributed by atoms with Crippen LogP contribution in [-0.2, 0) is 24.8 Å². The van der Waals surface area contributed by atoms with Crippen molar-refractivity contribution in [3.8, 4) is 0 Å². The first-order valence-corrected chi connectivity index (χ1v) is 8.23.